The predicted octanol–water partition coefficient (Wildman–Crippen LogP) is 1.65. The smallest absolute Gasteiger partial charge is 0.255 e. The molecule has 3 N–H and O–H groups in total. The first-order chi connectivity index (χ1) is 10.5. The summed E-state index contributed by atoms with van der Waals surface area (Å²) in [7, 11) is -3.60. The van der Waals surface area contributed by atoms with Crippen molar-refractivity contribution < 1.29 is 13.2 Å². The molecule has 114 valence electrons. The highest BCUT2D eigenvalue weighted by atomic mass is 35.5. The van der Waals surface area contributed by atoms with Crippen LogP contribution in [-0.2, 0) is 10.0 Å². The van der Waals surface area contributed by atoms with Crippen molar-refractivity contribution in [3.63, 3.8) is 0 Å². The summed E-state index contributed by atoms with van der Waals surface area (Å²) in [6, 6.07) is 7.57. The van der Waals surface area contributed by atoms with Crippen LogP contribution >= 0.6 is 11.6 Å². The fraction of sp³-hybridized carbons (Fsp3) is 0.0769. The van der Waals surface area contributed by atoms with Crippen LogP contribution in [0.5, 0.6) is 0 Å². The van der Waals surface area contributed by atoms with E-state index in [1.165, 1.54) is 12.3 Å². The Labute approximate surface area is 131 Å². The lowest BCUT2D eigenvalue weighted by atomic mass is 10.2. The van der Waals surface area contributed by atoms with Gasteiger partial charge < -0.3 is 10.6 Å². The summed E-state index contributed by atoms with van der Waals surface area (Å²) in [5.74, 6) is -0.437. The van der Waals surface area contributed by atoms with Crippen LogP contribution in [0.1, 0.15) is 10.4 Å². The largest absolute Gasteiger partial charge is 0.370 e. The van der Waals surface area contributed by atoms with Gasteiger partial charge in [-0.05, 0) is 30.3 Å². The van der Waals surface area contributed by atoms with Gasteiger partial charge in [0.25, 0.3) is 5.91 Å². The molecule has 1 aliphatic heterocycles. The van der Waals surface area contributed by atoms with Crippen molar-refractivity contribution in [3.8, 4) is 0 Å². The van der Waals surface area contributed by atoms with Crippen molar-refractivity contribution in [1.82, 2.24) is 9.71 Å². The number of hydrogen-bond acceptors (Lipinski definition) is 5. The predicted molar refractivity (Wildman–Crippen MR) is 82.5 cm³/mol. The van der Waals surface area contributed by atoms with E-state index in [0.717, 1.165) is 0 Å². The van der Waals surface area contributed by atoms with Gasteiger partial charge in [0.2, 0.25) is 10.0 Å². The minimum absolute atomic E-state index is 0.0423. The standard InChI is InChI=1S/C13H11ClN4O3S/c14-12-4-2-9(6-15-12)18-13(19)8-1-3-10-11(5-8)22(20,21)17-7-16-10/h1-6,16-17H,7H2,(H,18,19). The Bertz CT molecular complexity index is 837. The lowest BCUT2D eigenvalue weighted by Crippen LogP contribution is -2.34. The highest BCUT2D eigenvalue weighted by molar-refractivity contribution is 7.89. The summed E-state index contributed by atoms with van der Waals surface area (Å²) in [6.45, 7) is 0.122. The number of nitrogens with zero attached hydrogens (tertiary/aromatic N) is 1. The van der Waals surface area contributed by atoms with Crippen LogP contribution in [0.25, 0.3) is 0 Å². The van der Waals surface area contributed by atoms with E-state index in [1.807, 2.05) is 0 Å². The molecule has 7 nitrogen and oxygen atoms in total. The molecule has 0 fully saturated rings. The van der Waals surface area contributed by atoms with Crippen molar-refractivity contribution in [1.29, 1.82) is 0 Å². The second kappa shape index (κ2) is 5.56. The lowest BCUT2D eigenvalue weighted by Gasteiger charge is -2.19. The number of nitrogens with one attached hydrogen (secondary N) is 3. The Morgan fingerprint density at radius 1 is 1.27 bits per heavy atom. The molecule has 3 rings (SSSR count). The van der Waals surface area contributed by atoms with Gasteiger partial charge in [-0.15, -0.1) is 0 Å². The van der Waals surface area contributed by atoms with E-state index in [0.29, 0.717) is 16.5 Å². The minimum Gasteiger partial charge on any atom is -0.370 e. The average Bonchev–Trinajstić information content (AvgIpc) is 2.49. The third-order valence-electron chi connectivity index (χ3n) is 3.06. The number of pyridine rings is 1. The molecule has 9 heteroatoms. The number of fused-ring (bicyclic) bond motifs is 1. The maximum atomic E-state index is 12.2. The highest BCUT2D eigenvalue weighted by Gasteiger charge is 2.24. The summed E-state index contributed by atoms with van der Waals surface area (Å²) in [4.78, 5) is 16.1. The van der Waals surface area contributed by atoms with Crippen molar-refractivity contribution in [3.05, 3.63) is 47.2 Å². The van der Waals surface area contributed by atoms with Crippen molar-refractivity contribution in [2.45, 2.75) is 4.90 Å². The molecule has 22 heavy (non-hydrogen) atoms. The van der Waals surface area contributed by atoms with Gasteiger partial charge in [0.15, 0.2) is 0 Å². The second-order valence-corrected chi connectivity index (χ2v) is 6.66. The molecule has 2 heterocycles. The molecule has 0 bridgehead atoms. The van der Waals surface area contributed by atoms with Gasteiger partial charge in [0.05, 0.1) is 24.2 Å². The van der Waals surface area contributed by atoms with Crippen LogP contribution in [-0.4, -0.2) is 26.0 Å². The monoisotopic (exact) mass is 338 g/mol. The van der Waals surface area contributed by atoms with Crippen molar-refractivity contribution >= 4 is 38.9 Å². The SMILES string of the molecule is O=C(Nc1ccc(Cl)nc1)c1ccc2c(c1)S(=O)(=O)NCN2. The number of carbonyl (C=O) groups excluding carboxylic acids is 1. The summed E-state index contributed by atoms with van der Waals surface area (Å²) in [6.07, 6.45) is 1.42. The minimum atomic E-state index is -3.60. The first-order valence-corrected chi connectivity index (χ1v) is 8.12. The third-order valence-corrected chi connectivity index (χ3v) is 4.72. The van der Waals surface area contributed by atoms with Crippen LogP contribution in [0.3, 0.4) is 0 Å². The van der Waals surface area contributed by atoms with E-state index in [2.05, 4.69) is 20.3 Å². The van der Waals surface area contributed by atoms with Gasteiger partial charge in [-0.1, -0.05) is 11.6 Å². The van der Waals surface area contributed by atoms with Crippen molar-refractivity contribution in [2.75, 3.05) is 17.3 Å². The number of halogens is 1. The Morgan fingerprint density at radius 3 is 2.82 bits per heavy atom. The fourth-order valence-electron chi connectivity index (χ4n) is 1.99. The fourth-order valence-corrected chi connectivity index (χ4v) is 3.23. The zero-order chi connectivity index (χ0) is 15.7. The van der Waals surface area contributed by atoms with E-state index in [9.17, 15) is 13.2 Å². The first-order valence-electron chi connectivity index (χ1n) is 6.26. The molecule has 0 spiro atoms. The van der Waals surface area contributed by atoms with Gasteiger partial charge in [-0.3, -0.25) is 4.79 Å². The Balaban J connectivity index is 1.89. The Morgan fingerprint density at radius 2 is 2.09 bits per heavy atom. The van der Waals surface area contributed by atoms with E-state index < -0.39 is 15.9 Å². The molecule has 0 saturated heterocycles. The van der Waals surface area contributed by atoms with Gasteiger partial charge in [-0.2, -0.15) is 4.72 Å². The molecular weight excluding hydrogens is 328 g/mol. The van der Waals surface area contributed by atoms with Gasteiger partial charge in [-0.25, -0.2) is 13.4 Å². The van der Waals surface area contributed by atoms with E-state index in [4.69, 9.17) is 11.6 Å². The van der Waals surface area contributed by atoms with E-state index in [1.54, 1.807) is 24.3 Å². The van der Waals surface area contributed by atoms with E-state index in [-0.39, 0.29) is 17.1 Å². The normalized spacial score (nSPS) is 15.5. The molecule has 2 aromatic rings. The summed E-state index contributed by atoms with van der Waals surface area (Å²) in [5, 5.41) is 5.83. The number of sulfonamides is 1. The molecule has 0 aliphatic carbocycles. The average molecular weight is 339 g/mol. The number of rotatable bonds is 2. The maximum Gasteiger partial charge on any atom is 0.255 e. The zero-order valence-corrected chi connectivity index (χ0v) is 12.7. The van der Waals surface area contributed by atoms with Crippen LogP contribution in [0.2, 0.25) is 5.15 Å². The van der Waals surface area contributed by atoms with Gasteiger partial charge >= 0.3 is 0 Å². The summed E-state index contributed by atoms with van der Waals surface area (Å²) < 4.78 is 26.2. The van der Waals surface area contributed by atoms with Gasteiger partial charge in [0.1, 0.15) is 10.0 Å². The molecule has 1 aromatic carbocycles. The topological polar surface area (TPSA) is 100 Å². The van der Waals surface area contributed by atoms with Crippen molar-refractivity contribution in [2.24, 2.45) is 0 Å². The van der Waals surface area contributed by atoms with Crippen LogP contribution < -0.4 is 15.4 Å². The quantitative estimate of drug-likeness (QED) is 0.723. The molecule has 1 amide bonds. The van der Waals surface area contributed by atoms with Crippen LogP contribution in [0, 0.1) is 0 Å². The molecule has 1 aliphatic rings. The Hall–Kier alpha value is -2.16. The number of carbonyl (C=O) groups is 1. The van der Waals surface area contributed by atoms with Crippen LogP contribution in [0.4, 0.5) is 11.4 Å². The van der Waals surface area contributed by atoms with Crippen LogP contribution in [0.15, 0.2) is 41.4 Å². The number of anilines is 2. The highest BCUT2D eigenvalue weighted by Crippen LogP contribution is 2.25. The number of benzene rings is 1. The molecule has 1 aromatic heterocycles. The lowest BCUT2D eigenvalue weighted by molar-refractivity contribution is 0.102. The molecule has 0 unspecified atom stereocenters. The van der Waals surface area contributed by atoms with E-state index >= 15 is 0 Å². The van der Waals surface area contributed by atoms with Gasteiger partial charge in [0, 0.05) is 5.56 Å². The number of hydrogen-bond donors (Lipinski definition) is 3. The molecule has 0 radical (unpaired) electrons. The maximum absolute atomic E-state index is 12.2. The third kappa shape index (κ3) is 2.89. The number of aromatic nitrogens is 1. The number of amides is 1. The Kier molecular flexibility index (Phi) is 3.73. The first kappa shape index (κ1) is 14.8. The summed E-state index contributed by atoms with van der Waals surface area (Å²) >= 11 is 5.67. The molecule has 0 atom stereocenters. The molecule has 0 saturated carbocycles. The molecular formula is C13H11ClN4O3S. The summed E-state index contributed by atoms with van der Waals surface area (Å²) in [5.41, 5.74) is 1.15. The zero-order valence-electron chi connectivity index (χ0n) is 11.1. The second-order valence-electron chi connectivity index (χ2n) is 4.54.